The standard InChI is InChI=1S/C51H37NO.C49H37N/c1-51(2)47-32-39(38-22-30-50-46(31-38)45-15-9-10-16-49(45)53-50)21-28-43(47)44-29-27-42(33-48(44)51)52(40-23-17-36(18-24-40)34-11-5-3-6-12-34)41-25-19-37(20-26-41)35-13-7-4-8-14-35;1-49(2)47-32-41(40-18-17-36-15-9-10-16-39(36)31-40)23-29-45(47)46-30-28-44(33-48(46)49)50(42-24-19-37(20-25-42)34-11-5-3-6-12-34)43-26-21-38(22-27-43)35-13-7-4-8-14-35/h3-33H,1-2H3;3-33H,1-2H3. The highest BCUT2D eigenvalue weighted by Gasteiger charge is 2.38. The number of hydrogen-bond donors (Lipinski definition) is 0. The van der Waals surface area contributed by atoms with E-state index in [1.807, 2.05) is 12.1 Å². The summed E-state index contributed by atoms with van der Waals surface area (Å²) in [7, 11) is 0. The van der Waals surface area contributed by atoms with Crippen molar-refractivity contribution in [3.05, 3.63) is 398 Å². The van der Waals surface area contributed by atoms with Gasteiger partial charge in [-0.3, -0.25) is 0 Å². The minimum absolute atomic E-state index is 0.159. The Labute approximate surface area is 603 Å². The summed E-state index contributed by atoms with van der Waals surface area (Å²) in [5.41, 5.74) is 33.6. The van der Waals surface area contributed by atoms with Gasteiger partial charge in [-0.1, -0.05) is 295 Å². The molecule has 0 spiro atoms. The fraction of sp³-hybridized carbons (Fsp3) is 0.0600. The summed E-state index contributed by atoms with van der Waals surface area (Å²) in [4.78, 5) is 4.78. The number of rotatable bonds is 12. The van der Waals surface area contributed by atoms with Gasteiger partial charge in [0.2, 0.25) is 0 Å². The first-order valence-electron chi connectivity index (χ1n) is 35.8. The smallest absolute Gasteiger partial charge is 0.135 e. The van der Waals surface area contributed by atoms with Crippen LogP contribution in [0.2, 0.25) is 0 Å². The van der Waals surface area contributed by atoms with Gasteiger partial charge in [-0.25, -0.2) is 0 Å². The molecule has 0 bridgehead atoms. The van der Waals surface area contributed by atoms with Gasteiger partial charge in [-0.05, 0) is 231 Å². The van der Waals surface area contributed by atoms with Crippen molar-refractivity contribution in [2.24, 2.45) is 0 Å². The van der Waals surface area contributed by atoms with E-state index in [0.717, 1.165) is 56.1 Å². The SMILES string of the molecule is CC1(C)c2cc(-c3ccc4ccccc4c3)ccc2-c2ccc(N(c3ccc(-c4ccccc4)cc3)c3ccc(-c4ccccc4)cc3)cc21.CC1(C)c2cc(-c3ccc4oc5ccccc5c4c3)ccc2-c2ccc(N(c3ccc(-c4ccccc4)cc3)c3ccc(-c4ccccc4)cc3)cc21. The van der Waals surface area contributed by atoms with E-state index < -0.39 is 0 Å². The van der Waals surface area contributed by atoms with E-state index in [2.05, 4.69) is 401 Å². The molecule has 0 N–H and O–H groups in total. The van der Waals surface area contributed by atoms with E-state index in [1.165, 1.54) is 122 Å². The molecule has 0 fully saturated rings. The third-order valence-electron chi connectivity index (χ3n) is 21.6. The number of nitrogens with zero attached hydrogens (tertiary/aromatic N) is 2. The van der Waals surface area contributed by atoms with Crippen molar-refractivity contribution in [3.63, 3.8) is 0 Å². The van der Waals surface area contributed by atoms with Crippen molar-refractivity contribution in [3.8, 4) is 89.0 Å². The van der Waals surface area contributed by atoms with Crippen LogP contribution in [0.15, 0.2) is 381 Å². The Hall–Kier alpha value is -12.8. The number of furan rings is 1. The predicted molar refractivity (Wildman–Crippen MR) is 435 cm³/mol. The Kier molecular flexibility index (Phi) is 15.6. The van der Waals surface area contributed by atoms with Crippen LogP contribution >= 0.6 is 0 Å². The topological polar surface area (TPSA) is 19.6 Å². The monoisotopic (exact) mass is 1320 g/mol. The van der Waals surface area contributed by atoms with Crippen LogP contribution in [0.3, 0.4) is 0 Å². The molecule has 2 aliphatic carbocycles. The predicted octanol–water partition coefficient (Wildman–Crippen LogP) is 28.0. The molecule has 0 saturated heterocycles. The molecule has 0 radical (unpaired) electrons. The zero-order valence-corrected chi connectivity index (χ0v) is 58.1. The highest BCUT2D eigenvalue weighted by Crippen LogP contribution is 2.54. The lowest BCUT2D eigenvalue weighted by molar-refractivity contribution is 0.660. The summed E-state index contributed by atoms with van der Waals surface area (Å²) < 4.78 is 6.14. The van der Waals surface area contributed by atoms with Crippen molar-refractivity contribution in [2.45, 2.75) is 38.5 Å². The lowest BCUT2D eigenvalue weighted by atomic mass is 9.81. The van der Waals surface area contributed by atoms with Crippen molar-refractivity contribution < 1.29 is 4.42 Å². The molecule has 16 aromatic carbocycles. The van der Waals surface area contributed by atoms with Crippen LogP contribution in [-0.2, 0) is 10.8 Å². The van der Waals surface area contributed by atoms with Gasteiger partial charge in [0.25, 0.3) is 0 Å². The van der Waals surface area contributed by atoms with E-state index in [1.54, 1.807) is 0 Å². The average molecular weight is 1320 g/mol. The summed E-state index contributed by atoms with van der Waals surface area (Å²) in [5, 5.41) is 4.84. The fourth-order valence-corrected chi connectivity index (χ4v) is 16.0. The van der Waals surface area contributed by atoms with Gasteiger partial charge in [0.05, 0.1) is 0 Å². The summed E-state index contributed by atoms with van der Waals surface area (Å²) in [6.45, 7) is 9.48. The van der Waals surface area contributed by atoms with Gasteiger partial charge in [0.1, 0.15) is 11.2 Å². The normalized spacial score (nSPS) is 12.8. The van der Waals surface area contributed by atoms with E-state index in [4.69, 9.17) is 4.42 Å². The van der Waals surface area contributed by atoms with Gasteiger partial charge < -0.3 is 14.2 Å². The van der Waals surface area contributed by atoms with E-state index in [0.29, 0.717) is 0 Å². The Bertz CT molecular complexity index is 5830. The van der Waals surface area contributed by atoms with Crippen LogP contribution in [0.1, 0.15) is 49.9 Å². The minimum atomic E-state index is -0.191. The largest absolute Gasteiger partial charge is 0.456 e. The highest BCUT2D eigenvalue weighted by molar-refractivity contribution is 6.06. The second-order valence-electron chi connectivity index (χ2n) is 28.4. The number of hydrogen-bond acceptors (Lipinski definition) is 3. The van der Waals surface area contributed by atoms with E-state index in [9.17, 15) is 0 Å². The zero-order chi connectivity index (χ0) is 69.2. The van der Waals surface area contributed by atoms with Crippen molar-refractivity contribution in [2.75, 3.05) is 9.80 Å². The first-order chi connectivity index (χ1) is 50.5. The quantitative estimate of drug-likeness (QED) is 0.122. The van der Waals surface area contributed by atoms with Crippen LogP contribution < -0.4 is 9.80 Å². The number of fused-ring (bicyclic) bond motifs is 10. The van der Waals surface area contributed by atoms with Gasteiger partial charge in [0, 0.05) is 55.7 Å². The molecule has 17 aromatic rings. The van der Waals surface area contributed by atoms with Crippen molar-refractivity contribution >= 4 is 66.8 Å². The van der Waals surface area contributed by atoms with Gasteiger partial charge >= 0.3 is 0 Å². The Morgan fingerprint density at radius 1 is 0.194 bits per heavy atom. The van der Waals surface area contributed by atoms with Crippen LogP contribution in [0, 0.1) is 0 Å². The molecule has 3 heteroatoms. The first-order valence-corrected chi connectivity index (χ1v) is 35.8. The van der Waals surface area contributed by atoms with Crippen molar-refractivity contribution in [1.82, 2.24) is 0 Å². The average Bonchev–Trinajstić information content (AvgIpc) is 1.58. The third kappa shape index (κ3) is 11.5. The molecule has 0 atom stereocenters. The fourth-order valence-electron chi connectivity index (χ4n) is 16.0. The minimum Gasteiger partial charge on any atom is -0.456 e. The number of para-hydroxylation sites is 1. The summed E-state index contributed by atoms with van der Waals surface area (Å²) in [5.74, 6) is 0. The molecule has 0 aliphatic heterocycles. The maximum atomic E-state index is 6.14. The first kappa shape index (κ1) is 62.4. The van der Waals surface area contributed by atoms with Gasteiger partial charge in [-0.15, -0.1) is 0 Å². The molecule has 0 unspecified atom stereocenters. The lowest BCUT2D eigenvalue weighted by Gasteiger charge is -2.28. The Balaban J connectivity index is 0.000000147. The van der Waals surface area contributed by atoms with Crippen LogP contribution in [0.4, 0.5) is 34.1 Å². The molecule has 2 aliphatic rings. The maximum absolute atomic E-state index is 6.14. The molecule has 1 heterocycles. The molecule has 103 heavy (non-hydrogen) atoms. The molecular formula is C100H74N2O. The second kappa shape index (κ2) is 25.7. The maximum Gasteiger partial charge on any atom is 0.135 e. The van der Waals surface area contributed by atoms with Gasteiger partial charge in [0.15, 0.2) is 0 Å². The molecule has 1 aromatic heterocycles. The summed E-state index contributed by atoms with van der Waals surface area (Å²) in [6, 6.07) is 137. The number of benzene rings is 16. The molecule has 19 rings (SSSR count). The zero-order valence-electron chi connectivity index (χ0n) is 58.1. The lowest BCUT2D eigenvalue weighted by Crippen LogP contribution is -2.16. The Morgan fingerprint density at radius 2 is 0.476 bits per heavy atom. The number of anilines is 6. The van der Waals surface area contributed by atoms with E-state index in [-0.39, 0.29) is 10.8 Å². The molecule has 0 amide bonds. The molecule has 0 saturated carbocycles. The second-order valence-corrected chi connectivity index (χ2v) is 28.4. The third-order valence-corrected chi connectivity index (χ3v) is 21.6. The van der Waals surface area contributed by atoms with Crippen molar-refractivity contribution in [1.29, 1.82) is 0 Å². The van der Waals surface area contributed by atoms with Gasteiger partial charge in [-0.2, -0.15) is 0 Å². The van der Waals surface area contributed by atoms with Crippen LogP contribution in [-0.4, -0.2) is 0 Å². The summed E-state index contributed by atoms with van der Waals surface area (Å²) in [6.07, 6.45) is 0. The van der Waals surface area contributed by atoms with Crippen LogP contribution in [0.5, 0.6) is 0 Å². The molecular weight excluding hydrogens is 1250 g/mol. The molecule has 490 valence electrons. The highest BCUT2D eigenvalue weighted by atomic mass is 16.3. The van der Waals surface area contributed by atoms with E-state index >= 15 is 0 Å². The Morgan fingerprint density at radius 3 is 0.893 bits per heavy atom. The van der Waals surface area contributed by atoms with Crippen LogP contribution in [0.25, 0.3) is 122 Å². The molecule has 3 nitrogen and oxygen atoms in total. The summed E-state index contributed by atoms with van der Waals surface area (Å²) >= 11 is 0.